The van der Waals surface area contributed by atoms with Crippen LogP contribution in [0.25, 0.3) is 0 Å². The highest BCUT2D eigenvalue weighted by molar-refractivity contribution is 7.80. The number of nitrogens with zero attached hydrogens (tertiary/aromatic N) is 2. The van der Waals surface area contributed by atoms with Crippen LogP contribution in [0.3, 0.4) is 0 Å². The third-order valence-electron chi connectivity index (χ3n) is 4.93. The van der Waals surface area contributed by atoms with Crippen molar-refractivity contribution in [2.45, 2.75) is 26.7 Å². The smallest absolute Gasteiger partial charge is 0.227 e. The van der Waals surface area contributed by atoms with Gasteiger partial charge in [0.2, 0.25) is 5.91 Å². The Morgan fingerprint density at radius 3 is 2.73 bits per heavy atom. The second-order valence-electron chi connectivity index (χ2n) is 6.58. The molecule has 1 amide bonds. The van der Waals surface area contributed by atoms with Crippen LogP contribution in [0.2, 0.25) is 0 Å². The Hall–Kier alpha value is -2.02. The number of likely N-dealkylation sites (tertiary alicyclic amines) is 1. The largest absolute Gasteiger partial charge is 0.486 e. The van der Waals surface area contributed by atoms with Crippen molar-refractivity contribution in [3.8, 4) is 11.5 Å². The van der Waals surface area contributed by atoms with Gasteiger partial charge in [-0.15, -0.1) is 0 Å². The number of hydrogen-bond donors (Lipinski definition) is 1. The van der Waals surface area contributed by atoms with E-state index in [1.54, 1.807) is 0 Å². The van der Waals surface area contributed by atoms with Crippen LogP contribution >= 0.6 is 12.2 Å². The second kappa shape index (κ2) is 8.58. The number of nitrogens with one attached hydrogen (secondary N) is 1. The third-order valence-corrected chi connectivity index (χ3v) is 5.29. The number of fused-ring (bicyclic) bond motifs is 1. The predicted molar refractivity (Wildman–Crippen MR) is 106 cm³/mol. The van der Waals surface area contributed by atoms with Gasteiger partial charge in [0, 0.05) is 37.9 Å². The quantitative estimate of drug-likeness (QED) is 0.815. The molecule has 3 rings (SSSR count). The highest BCUT2D eigenvalue weighted by atomic mass is 32.1. The van der Waals surface area contributed by atoms with Gasteiger partial charge in [0.25, 0.3) is 0 Å². The van der Waals surface area contributed by atoms with Gasteiger partial charge in [0.1, 0.15) is 13.2 Å². The molecule has 1 unspecified atom stereocenters. The number of ether oxygens (including phenoxy) is 2. The fourth-order valence-electron chi connectivity index (χ4n) is 3.48. The van der Waals surface area contributed by atoms with Gasteiger partial charge >= 0.3 is 0 Å². The summed E-state index contributed by atoms with van der Waals surface area (Å²) in [5, 5.41) is 3.93. The maximum Gasteiger partial charge on any atom is 0.227 e. The molecule has 2 heterocycles. The lowest BCUT2D eigenvalue weighted by Gasteiger charge is -2.36. The zero-order chi connectivity index (χ0) is 18.5. The Bertz CT molecular complexity index is 663. The number of thiocarbonyl (C=S) groups is 1. The van der Waals surface area contributed by atoms with E-state index >= 15 is 0 Å². The van der Waals surface area contributed by atoms with Gasteiger partial charge in [-0.2, -0.15) is 0 Å². The summed E-state index contributed by atoms with van der Waals surface area (Å²) in [5.74, 6) is 1.75. The van der Waals surface area contributed by atoms with Gasteiger partial charge in [-0.3, -0.25) is 4.79 Å². The maximum atomic E-state index is 12.7. The van der Waals surface area contributed by atoms with Gasteiger partial charge in [-0.05, 0) is 51.0 Å². The molecule has 0 bridgehead atoms. The fraction of sp³-hybridized carbons (Fsp3) is 0.579. The average Bonchev–Trinajstić information content (AvgIpc) is 2.69. The Labute approximate surface area is 160 Å². The van der Waals surface area contributed by atoms with Gasteiger partial charge in [-0.1, -0.05) is 0 Å². The Morgan fingerprint density at radius 1 is 1.27 bits per heavy atom. The first-order valence-corrected chi connectivity index (χ1v) is 9.77. The SMILES string of the molecule is CCN(CC)C(=O)C1CCCN(C(=S)Nc2ccc3c(c2)OCCO3)C1. The van der Waals surface area contributed by atoms with Gasteiger partial charge in [0.05, 0.1) is 5.92 Å². The van der Waals surface area contributed by atoms with E-state index < -0.39 is 0 Å². The molecule has 0 aromatic heterocycles. The zero-order valence-electron chi connectivity index (χ0n) is 15.5. The zero-order valence-corrected chi connectivity index (χ0v) is 16.3. The molecule has 0 aliphatic carbocycles. The highest BCUT2D eigenvalue weighted by Crippen LogP contribution is 2.32. The van der Waals surface area contributed by atoms with Crippen molar-refractivity contribution < 1.29 is 14.3 Å². The molecule has 1 aromatic carbocycles. The van der Waals surface area contributed by atoms with Crippen molar-refractivity contribution in [3.05, 3.63) is 18.2 Å². The summed E-state index contributed by atoms with van der Waals surface area (Å²) in [7, 11) is 0. The van der Waals surface area contributed by atoms with E-state index in [0.29, 0.717) is 24.9 Å². The number of carbonyl (C=O) groups excluding carboxylic acids is 1. The fourth-order valence-corrected chi connectivity index (χ4v) is 3.76. The van der Waals surface area contributed by atoms with Crippen molar-refractivity contribution in [3.63, 3.8) is 0 Å². The topological polar surface area (TPSA) is 54.0 Å². The minimum atomic E-state index is 0.0173. The van der Waals surface area contributed by atoms with Crippen LogP contribution in [0, 0.1) is 5.92 Å². The molecular weight excluding hydrogens is 350 g/mol. The summed E-state index contributed by atoms with van der Waals surface area (Å²) in [6.45, 7) is 8.24. The number of carbonyl (C=O) groups is 1. The molecule has 7 heteroatoms. The number of rotatable bonds is 4. The van der Waals surface area contributed by atoms with Crippen LogP contribution in [-0.4, -0.2) is 60.2 Å². The molecule has 2 aliphatic heterocycles. The first-order valence-electron chi connectivity index (χ1n) is 9.36. The minimum absolute atomic E-state index is 0.0173. The Morgan fingerprint density at radius 2 is 2.00 bits per heavy atom. The van der Waals surface area contributed by atoms with Crippen molar-refractivity contribution in [1.29, 1.82) is 0 Å². The molecule has 0 saturated carbocycles. The van der Waals surface area contributed by atoms with Crippen LogP contribution in [0.15, 0.2) is 18.2 Å². The third kappa shape index (κ3) is 4.20. The molecule has 1 saturated heterocycles. The molecule has 26 heavy (non-hydrogen) atoms. The number of benzene rings is 1. The van der Waals surface area contributed by atoms with Gasteiger partial charge in [-0.25, -0.2) is 0 Å². The first-order chi connectivity index (χ1) is 12.6. The number of piperidine rings is 1. The van der Waals surface area contributed by atoms with Gasteiger partial charge in [0.15, 0.2) is 16.6 Å². The molecule has 0 radical (unpaired) electrons. The van der Waals surface area contributed by atoms with Crippen molar-refractivity contribution in [2.75, 3.05) is 44.7 Å². The molecule has 0 spiro atoms. The average molecular weight is 378 g/mol. The van der Waals surface area contributed by atoms with Crippen molar-refractivity contribution >= 4 is 28.9 Å². The molecule has 6 nitrogen and oxygen atoms in total. The number of hydrogen-bond acceptors (Lipinski definition) is 4. The lowest BCUT2D eigenvalue weighted by atomic mass is 9.96. The molecule has 1 fully saturated rings. The van der Waals surface area contributed by atoms with E-state index in [9.17, 15) is 4.79 Å². The Balaban J connectivity index is 1.61. The van der Waals surface area contributed by atoms with E-state index in [1.807, 2.05) is 36.9 Å². The summed E-state index contributed by atoms with van der Waals surface area (Å²) in [6, 6.07) is 5.73. The minimum Gasteiger partial charge on any atom is -0.486 e. The molecular formula is C19H27N3O3S. The molecule has 1 atom stereocenters. The lowest BCUT2D eigenvalue weighted by Crippen LogP contribution is -2.47. The predicted octanol–water partition coefficient (Wildman–Crippen LogP) is 2.74. The molecule has 142 valence electrons. The first kappa shape index (κ1) is 18.8. The van der Waals surface area contributed by atoms with Crippen LogP contribution in [0.4, 0.5) is 5.69 Å². The second-order valence-corrected chi connectivity index (χ2v) is 6.97. The van der Waals surface area contributed by atoms with Crippen LogP contribution in [0.5, 0.6) is 11.5 Å². The van der Waals surface area contributed by atoms with E-state index in [-0.39, 0.29) is 11.8 Å². The molecule has 2 aliphatic rings. The maximum absolute atomic E-state index is 12.7. The number of amides is 1. The normalized spacial score (nSPS) is 19.0. The lowest BCUT2D eigenvalue weighted by molar-refractivity contribution is -0.136. The van der Waals surface area contributed by atoms with Crippen molar-refractivity contribution in [2.24, 2.45) is 5.92 Å². The van der Waals surface area contributed by atoms with E-state index in [4.69, 9.17) is 21.7 Å². The van der Waals surface area contributed by atoms with E-state index in [1.165, 1.54) is 0 Å². The molecule has 1 N–H and O–H groups in total. The monoisotopic (exact) mass is 377 g/mol. The van der Waals surface area contributed by atoms with Crippen LogP contribution in [0.1, 0.15) is 26.7 Å². The summed E-state index contributed by atoms with van der Waals surface area (Å²) >= 11 is 5.59. The van der Waals surface area contributed by atoms with Gasteiger partial charge < -0.3 is 24.6 Å². The highest BCUT2D eigenvalue weighted by Gasteiger charge is 2.29. The summed E-state index contributed by atoms with van der Waals surface area (Å²) in [6.07, 6.45) is 1.90. The Kier molecular flexibility index (Phi) is 6.19. The summed E-state index contributed by atoms with van der Waals surface area (Å²) < 4.78 is 11.2. The standard InChI is InChI=1S/C19H27N3O3S/c1-3-21(4-2)18(23)14-6-5-9-22(13-14)19(26)20-15-7-8-16-17(12-15)25-11-10-24-16/h7-8,12,14H,3-6,9-11,13H2,1-2H3,(H,20,26). The molecule has 1 aromatic rings. The van der Waals surface area contributed by atoms with E-state index in [0.717, 1.165) is 49.7 Å². The summed E-state index contributed by atoms with van der Waals surface area (Å²) in [5.41, 5.74) is 0.872. The summed E-state index contributed by atoms with van der Waals surface area (Å²) in [4.78, 5) is 16.7. The van der Waals surface area contributed by atoms with E-state index in [2.05, 4.69) is 10.2 Å². The van der Waals surface area contributed by atoms with Crippen LogP contribution < -0.4 is 14.8 Å². The number of anilines is 1. The van der Waals surface area contributed by atoms with Crippen LogP contribution in [-0.2, 0) is 4.79 Å². The van der Waals surface area contributed by atoms with Crippen molar-refractivity contribution in [1.82, 2.24) is 9.80 Å².